The van der Waals surface area contributed by atoms with Crippen LogP contribution < -0.4 is 5.63 Å². The summed E-state index contributed by atoms with van der Waals surface area (Å²) in [4.78, 5) is 27.5. The third kappa shape index (κ3) is 3.27. The molecule has 132 valence electrons. The molecule has 0 N–H and O–H groups in total. The number of nitrogens with zero attached hydrogens (tertiary/aromatic N) is 1. The monoisotopic (exact) mass is 347 g/mol. The molecule has 0 bridgehead atoms. The van der Waals surface area contributed by atoms with Crippen molar-refractivity contribution in [1.29, 1.82) is 0 Å². The second kappa shape index (κ2) is 6.79. The summed E-state index contributed by atoms with van der Waals surface area (Å²) in [6.07, 6.45) is 2.26. The molecule has 1 aliphatic rings. The number of fused-ring (bicyclic) bond motifs is 1. The molecule has 1 aliphatic carbocycles. The lowest BCUT2D eigenvalue weighted by molar-refractivity contribution is 0.0650. The predicted molar refractivity (Wildman–Crippen MR) is 101 cm³/mol. The van der Waals surface area contributed by atoms with E-state index >= 15 is 0 Å². The number of carbonyl (C=O) groups is 1. The first-order valence-electron chi connectivity index (χ1n) is 9.01. The summed E-state index contributed by atoms with van der Waals surface area (Å²) in [7, 11) is 0. The van der Waals surface area contributed by atoms with Gasteiger partial charge in [0.15, 0.2) is 0 Å². The van der Waals surface area contributed by atoms with Crippen LogP contribution in [0.5, 0.6) is 0 Å². The van der Waals surface area contributed by atoms with Gasteiger partial charge >= 0.3 is 5.63 Å². The Kier molecular flexibility index (Phi) is 4.33. The maximum atomic E-state index is 13.3. The number of carbonyl (C=O) groups excluding carboxylic acids is 1. The maximum Gasteiger partial charge on any atom is 0.349 e. The van der Waals surface area contributed by atoms with Crippen LogP contribution >= 0.6 is 0 Å². The highest BCUT2D eigenvalue weighted by atomic mass is 16.4. The highest BCUT2D eigenvalue weighted by Gasteiger charge is 2.35. The zero-order chi connectivity index (χ0) is 18.1. The van der Waals surface area contributed by atoms with E-state index in [1.165, 1.54) is 0 Å². The number of rotatable bonds is 5. The van der Waals surface area contributed by atoms with Crippen molar-refractivity contribution in [3.05, 3.63) is 82.2 Å². The van der Waals surface area contributed by atoms with E-state index in [2.05, 4.69) is 6.92 Å². The summed E-state index contributed by atoms with van der Waals surface area (Å²) in [5.41, 5.74) is 1.08. The van der Waals surface area contributed by atoms with Crippen LogP contribution in [-0.4, -0.2) is 16.8 Å². The smallest absolute Gasteiger partial charge is 0.349 e. The van der Waals surface area contributed by atoms with Gasteiger partial charge in [0.1, 0.15) is 11.1 Å². The van der Waals surface area contributed by atoms with E-state index in [1.807, 2.05) is 53.4 Å². The van der Waals surface area contributed by atoms with Crippen molar-refractivity contribution in [1.82, 2.24) is 4.90 Å². The van der Waals surface area contributed by atoms with Crippen molar-refractivity contribution < 1.29 is 9.21 Å². The number of hydrogen-bond donors (Lipinski definition) is 0. The minimum absolute atomic E-state index is 0.0913. The fourth-order valence-corrected chi connectivity index (χ4v) is 3.38. The van der Waals surface area contributed by atoms with Crippen molar-refractivity contribution in [3.63, 3.8) is 0 Å². The second-order valence-corrected chi connectivity index (χ2v) is 6.98. The van der Waals surface area contributed by atoms with Crippen molar-refractivity contribution in [2.45, 2.75) is 32.4 Å². The van der Waals surface area contributed by atoms with Gasteiger partial charge in [-0.05, 0) is 43.4 Å². The van der Waals surface area contributed by atoms with Gasteiger partial charge in [-0.2, -0.15) is 0 Å². The third-order valence-corrected chi connectivity index (χ3v) is 5.12. The first-order valence-corrected chi connectivity index (χ1v) is 9.01. The molecule has 1 atom stereocenters. The second-order valence-electron chi connectivity index (χ2n) is 6.98. The lowest BCUT2D eigenvalue weighted by atomic mass is 10.1. The van der Waals surface area contributed by atoms with E-state index < -0.39 is 5.63 Å². The molecule has 1 fully saturated rings. The van der Waals surface area contributed by atoms with Gasteiger partial charge in [-0.15, -0.1) is 0 Å². The van der Waals surface area contributed by atoms with Crippen LogP contribution in [-0.2, 0) is 6.54 Å². The normalized spacial score (nSPS) is 15.0. The molecule has 26 heavy (non-hydrogen) atoms. The molecule has 4 nitrogen and oxygen atoms in total. The number of amides is 1. The third-order valence-electron chi connectivity index (χ3n) is 5.12. The van der Waals surface area contributed by atoms with E-state index in [0.29, 0.717) is 18.0 Å². The average Bonchev–Trinajstić information content (AvgIpc) is 3.50. The van der Waals surface area contributed by atoms with Crippen molar-refractivity contribution in [2.75, 3.05) is 0 Å². The van der Waals surface area contributed by atoms with Crippen LogP contribution in [0.15, 0.2) is 69.9 Å². The van der Waals surface area contributed by atoms with Gasteiger partial charge in [0.25, 0.3) is 5.91 Å². The number of hydrogen-bond acceptors (Lipinski definition) is 3. The lowest BCUT2D eigenvalue weighted by Crippen LogP contribution is -2.41. The topological polar surface area (TPSA) is 50.5 Å². The highest BCUT2D eigenvalue weighted by molar-refractivity contribution is 5.96. The molecule has 4 rings (SSSR count). The summed E-state index contributed by atoms with van der Waals surface area (Å²) in [6, 6.07) is 18.9. The molecule has 0 radical (unpaired) electrons. The molecule has 1 amide bonds. The Morgan fingerprint density at radius 2 is 1.81 bits per heavy atom. The Balaban J connectivity index is 1.71. The van der Waals surface area contributed by atoms with Gasteiger partial charge in [0.05, 0.1) is 0 Å². The fraction of sp³-hybridized carbons (Fsp3) is 0.273. The van der Waals surface area contributed by atoms with Crippen LogP contribution in [0.1, 0.15) is 35.7 Å². The molecular formula is C22H21NO3. The molecule has 2 aromatic carbocycles. The van der Waals surface area contributed by atoms with E-state index in [1.54, 1.807) is 12.1 Å². The minimum Gasteiger partial charge on any atom is -0.422 e. The van der Waals surface area contributed by atoms with Crippen LogP contribution in [0.25, 0.3) is 11.0 Å². The van der Waals surface area contributed by atoms with Gasteiger partial charge in [-0.1, -0.05) is 48.5 Å². The van der Waals surface area contributed by atoms with Gasteiger partial charge in [0.2, 0.25) is 0 Å². The lowest BCUT2D eigenvalue weighted by Gasteiger charge is -2.29. The first kappa shape index (κ1) is 16.6. The quantitative estimate of drug-likeness (QED) is 0.649. The Bertz CT molecular complexity index is 989. The molecule has 1 heterocycles. The Morgan fingerprint density at radius 3 is 2.54 bits per heavy atom. The van der Waals surface area contributed by atoms with Crippen LogP contribution in [0, 0.1) is 5.92 Å². The molecule has 4 heteroatoms. The SMILES string of the molecule is CC(C1CC1)N(Cc1ccccc1)C(=O)c1cc2ccccc2oc1=O. The van der Waals surface area contributed by atoms with Crippen LogP contribution in [0.4, 0.5) is 0 Å². The van der Waals surface area contributed by atoms with E-state index in [9.17, 15) is 9.59 Å². The summed E-state index contributed by atoms with van der Waals surface area (Å²) in [5, 5.41) is 0.759. The zero-order valence-corrected chi connectivity index (χ0v) is 14.7. The van der Waals surface area contributed by atoms with Gasteiger partial charge in [-0.25, -0.2) is 4.79 Å². The number of para-hydroxylation sites is 1. The molecular weight excluding hydrogens is 326 g/mol. The molecule has 3 aromatic rings. The summed E-state index contributed by atoms with van der Waals surface area (Å²) >= 11 is 0. The molecule has 1 aromatic heterocycles. The summed E-state index contributed by atoms with van der Waals surface area (Å²) in [5.74, 6) is 0.253. The fourth-order valence-electron chi connectivity index (χ4n) is 3.38. The van der Waals surface area contributed by atoms with Gasteiger partial charge in [0, 0.05) is 18.0 Å². The van der Waals surface area contributed by atoms with Gasteiger partial charge in [-0.3, -0.25) is 4.79 Å². The predicted octanol–water partition coefficient (Wildman–Crippen LogP) is 4.23. The van der Waals surface area contributed by atoms with Crippen LogP contribution in [0.2, 0.25) is 0 Å². The van der Waals surface area contributed by atoms with Crippen molar-refractivity contribution in [3.8, 4) is 0 Å². The van der Waals surface area contributed by atoms with E-state index in [-0.39, 0.29) is 17.5 Å². The van der Waals surface area contributed by atoms with Gasteiger partial charge < -0.3 is 9.32 Å². The molecule has 1 unspecified atom stereocenters. The summed E-state index contributed by atoms with van der Waals surface area (Å²) in [6.45, 7) is 2.56. The zero-order valence-electron chi connectivity index (χ0n) is 14.7. The standard InChI is InChI=1S/C22H21NO3/c1-15(17-11-12-17)23(14-16-7-3-2-4-8-16)21(24)19-13-18-9-5-6-10-20(18)26-22(19)25/h2-10,13,15,17H,11-12,14H2,1H3. The Hall–Kier alpha value is -2.88. The molecule has 1 saturated carbocycles. The molecule has 0 aliphatic heterocycles. The van der Waals surface area contributed by atoms with E-state index in [0.717, 1.165) is 23.8 Å². The van der Waals surface area contributed by atoms with Crippen molar-refractivity contribution >= 4 is 16.9 Å². The van der Waals surface area contributed by atoms with Crippen molar-refractivity contribution in [2.24, 2.45) is 5.92 Å². The summed E-state index contributed by atoms with van der Waals surface area (Å²) < 4.78 is 5.37. The average molecular weight is 347 g/mol. The molecule has 0 spiro atoms. The Morgan fingerprint density at radius 1 is 1.12 bits per heavy atom. The first-order chi connectivity index (χ1) is 12.6. The van der Waals surface area contributed by atoms with E-state index in [4.69, 9.17) is 4.42 Å². The van der Waals surface area contributed by atoms with Crippen LogP contribution in [0.3, 0.4) is 0 Å². The Labute approximate surface area is 152 Å². The molecule has 0 saturated heterocycles. The maximum absolute atomic E-state index is 13.3. The largest absolute Gasteiger partial charge is 0.422 e. The minimum atomic E-state index is -0.574. The number of benzene rings is 2. The highest BCUT2D eigenvalue weighted by Crippen LogP contribution is 2.36.